The monoisotopic (exact) mass is 120 g/mol. The smallest absolute Gasteiger partial charge is 0.0919 e. The molecular weight excluding hydrogens is 112 g/mol. The number of hydrogen-bond acceptors (Lipinski definition) is 1. The van der Waals surface area contributed by atoms with Gasteiger partial charge >= 0.3 is 0 Å². The third kappa shape index (κ3) is 3.35. The number of aromatic nitrogens is 2. The minimum Gasteiger partial charge on any atom is -0.412 e. The second kappa shape index (κ2) is 5.52. The van der Waals surface area contributed by atoms with E-state index in [-0.39, 0.29) is 19.0 Å². The van der Waals surface area contributed by atoms with Crippen LogP contribution in [0.2, 0.25) is 0 Å². The molecule has 0 aliphatic heterocycles. The number of H-pyrrole nitrogens is 1. The summed E-state index contributed by atoms with van der Waals surface area (Å²) in [6.45, 7) is 0. The Kier molecular flexibility index (Phi) is 7.67. The van der Waals surface area contributed by atoms with Crippen molar-refractivity contribution in [3.05, 3.63) is 18.7 Å². The number of rotatable bonds is 0. The maximum absolute atomic E-state index is 3.67. The van der Waals surface area contributed by atoms with E-state index in [0.29, 0.717) is 0 Å². The van der Waals surface area contributed by atoms with Crippen LogP contribution >= 0.6 is 13.5 Å². The fourth-order valence-electron chi connectivity index (χ4n) is 0.215. The minimum absolute atomic E-state index is 0. The summed E-state index contributed by atoms with van der Waals surface area (Å²) < 4.78 is 0. The number of nitrogens with one attached hydrogen (secondary N) is 1. The van der Waals surface area contributed by atoms with Gasteiger partial charge < -0.3 is 10.5 Å². The first kappa shape index (κ1) is 9.72. The van der Waals surface area contributed by atoms with Crippen LogP contribution in [0.3, 0.4) is 0 Å². The molecule has 0 aromatic carbocycles. The number of imidazole rings is 1. The molecule has 0 bridgehead atoms. The van der Waals surface area contributed by atoms with E-state index in [0.717, 1.165) is 0 Å². The van der Waals surface area contributed by atoms with Crippen molar-refractivity contribution in [3.63, 3.8) is 0 Å². The van der Waals surface area contributed by atoms with Crippen LogP contribution in [-0.2, 0) is 0 Å². The van der Waals surface area contributed by atoms with E-state index in [9.17, 15) is 0 Å². The topological polar surface area (TPSA) is 60.2 Å². The Hall–Kier alpha value is -0.480. The van der Waals surface area contributed by atoms with Crippen molar-refractivity contribution in [2.24, 2.45) is 0 Å². The fraction of sp³-hybridized carbons (Fsp3) is 0. The summed E-state index contributed by atoms with van der Waals surface area (Å²) in [5, 5.41) is 0. The molecule has 7 heavy (non-hydrogen) atoms. The number of nitrogens with zero attached hydrogens (tertiary/aromatic N) is 1. The first-order valence-electron chi connectivity index (χ1n) is 1.43. The van der Waals surface area contributed by atoms with Crippen LogP contribution in [0, 0.1) is 0 Å². The van der Waals surface area contributed by atoms with Crippen LogP contribution in [0.1, 0.15) is 0 Å². The Bertz CT molecular complexity index is 69.4. The van der Waals surface area contributed by atoms with Gasteiger partial charge in [-0.15, -0.1) is 0 Å². The predicted octanol–water partition coefficient (Wildman–Crippen LogP) is -0.302. The standard InChI is InChI=1S/C3H4N2.H2O.H2S/c1-2-5-3-4-1;;/h1-3H,(H,4,5);2*1H2. The van der Waals surface area contributed by atoms with Gasteiger partial charge in [0.2, 0.25) is 0 Å². The molecule has 0 atom stereocenters. The van der Waals surface area contributed by atoms with Crippen LogP contribution in [0.25, 0.3) is 0 Å². The minimum atomic E-state index is 0. The maximum atomic E-state index is 3.67. The Morgan fingerprint density at radius 3 is 2.29 bits per heavy atom. The van der Waals surface area contributed by atoms with Crippen molar-refractivity contribution in [2.75, 3.05) is 0 Å². The molecule has 0 unspecified atom stereocenters. The first-order valence-corrected chi connectivity index (χ1v) is 1.43. The molecule has 0 amide bonds. The number of aromatic amines is 1. The van der Waals surface area contributed by atoms with Crippen LogP contribution in [-0.4, -0.2) is 15.4 Å². The van der Waals surface area contributed by atoms with Crippen molar-refractivity contribution >= 4 is 13.5 Å². The molecule has 0 radical (unpaired) electrons. The van der Waals surface area contributed by atoms with Gasteiger partial charge in [-0.05, 0) is 0 Å². The lowest BCUT2D eigenvalue weighted by Crippen LogP contribution is -1.44. The lowest BCUT2D eigenvalue weighted by molar-refractivity contribution is 0.824. The summed E-state index contributed by atoms with van der Waals surface area (Å²) in [6.07, 6.45) is 5.08. The highest BCUT2D eigenvalue weighted by Gasteiger charge is 1.56. The first-order chi connectivity index (χ1) is 2.50. The quantitative estimate of drug-likeness (QED) is 0.502. The zero-order valence-corrected chi connectivity index (χ0v) is 4.68. The second-order valence-electron chi connectivity index (χ2n) is 0.761. The Labute approximate surface area is 48.5 Å². The van der Waals surface area contributed by atoms with Crippen LogP contribution in [0.15, 0.2) is 18.7 Å². The van der Waals surface area contributed by atoms with Gasteiger partial charge in [0.1, 0.15) is 0 Å². The summed E-state index contributed by atoms with van der Waals surface area (Å²) >= 11 is 0. The van der Waals surface area contributed by atoms with E-state index in [1.807, 2.05) is 0 Å². The molecule has 1 aromatic rings. The summed E-state index contributed by atoms with van der Waals surface area (Å²) in [4.78, 5) is 6.42. The summed E-state index contributed by atoms with van der Waals surface area (Å²) in [7, 11) is 0. The second-order valence-corrected chi connectivity index (χ2v) is 0.761. The van der Waals surface area contributed by atoms with Gasteiger partial charge in [-0.1, -0.05) is 0 Å². The SMILES string of the molecule is O.S.c1c[nH]cn1. The van der Waals surface area contributed by atoms with Crippen molar-refractivity contribution in [2.45, 2.75) is 0 Å². The average Bonchev–Trinajstić information content (AvgIpc) is 1.76. The Balaban J connectivity index is 0. The van der Waals surface area contributed by atoms with Gasteiger partial charge in [0.25, 0.3) is 0 Å². The van der Waals surface area contributed by atoms with E-state index < -0.39 is 0 Å². The Morgan fingerprint density at radius 2 is 2.14 bits per heavy atom. The molecule has 3 nitrogen and oxygen atoms in total. The molecule has 0 saturated carbocycles. The molecule has 0 spiro atoms. The summed E-state index contributed by atoms with van der Waals surface area (Å²) in [5.74, 6) is 0. The van der Waals surface area contributed by atoms with Crippen LogP contribution in [0.5, 0.6) is 0 Å². The third-order valence-electron chi connectivity index (χ3n) is 0.406. The molecule has 0 aliphatic carbocycles. The van der Waals surface area contributed by atoms with Gasteiger partial charge in [0, 0.05) is 12.4 Å². The van der Waals surface area contributed by atoms with Gasteiger partial charge in [0.15, 0.2) is 0 Å². The van der Waals surface area contributed by atoms with Crippen LogP contribution in [0.4, 0.5) is 0 Å². The van der Waals surface area contributed by atoms with Gasteiger partial charge in [-0.25, -0.2) is 4.98 Å². The molecule has 3 N–H and O–H groups in total. The highest BCUT2D eigenvalue weighted by molar-refractivity contribution is 7.59. The van der Waals surface area contributed by atoms with Crippen LogP contribution < -0.4 is 0 Å². The highest BCUT2D eigenvalue weighted by atomic mass is 32.1. The van der Waals surface area contributed by atoms with Crippen molar-refractivity contribution in [1.29, 1.82) is 0 Å². The molecule has 1 aromatic heterocycles. The fourth-order valence-corrected chi connectivity index (χ4v) is 0.215. The van der Waals surface area contributed by atoms with E-state index >= 15 is 0 Å². The Morgan fingerprint density at radius 1 is 1.43 bits per heavy atom. The lowest BCUT2D eigenvalue weighted by Gasteiger charge is -1.46. The zero-order chi connectivity index (χ0) is 3.54. The summed E-state index contributed by atoms with van der Waals surface area (Å²) in [5.41, 5.74) is 0. The van der Waals surface area contributed by atoms with E-state index in [1.54, 1.807) is 18.7 Å². The molecule has 42 valence electrons. The van der Waals surface area contributed by atoms with Crippen molar-refractivity contribution < 1.29 is 5.48 Å². The maximum Gasteiger partial charge on any atom is 0.0919 e. The molecule has 4 heteroatoms. The van der Waals surface area contributed by atoms with E-state index in [4.69, 9.17) is 0 Å². The molecular formula is C3H8N2OS. The third-order valence-corrected chi connectivity index (χ3v) is 0.406. The van der Waals surface area contributed by atoms with Gasteiger partial charge in [-0.3, -0.25) is 0 Å². The molecule has 1 heterocycles. The highest BCUT2D eigenvalue weighted by Crippen LogP contribution is 1.62. The van der Waals surface area contributed by atoms with E-state index in [1.165, 1.54) is 0 Å². The molecule has 0 fully saturated rings. The normalized spacial score (nSPS) is 5.71. The molecule has 0 saturated heterocycles. The van der Waals surface area contributed by atoms with Crippen molar-refractivity contribution in [3.8, 4) is 0 Å². The summed E-state index contributed by atoms with van der Waals surface area (Å²) in [6, 6.07) is 0. The largest absolute Gasteiger partial charge is 0.412 e. The molecule has 0 aliphatic rings. The van der Waals surface area contributed by atoms with Crippen molar-refractivity contribution in [1.82, 2.24) is 9.97 Å². The van der Waals surface area contributed by atoms with Gasteiger partial charge in [-0.2, -0.15) is 13.5 Å². The molecule has 1 rings (SSSR count). The average molecular weight is 120 g/mol. The van der Waals surface area contributed by atoms with Gasteiger partial charge in [0.05, 0.1) is 6.33 Å². The lowest BCUT2D eigenvalue weighted by atomic mass is 11.0. The van der Waals surface area contributed by atoms with E-state index in [2.05, 4.69) is 9.97 Å². The predicted molar refractivity (Wildman–Crippen MR) is 32.6 cm³/mol. The number of hydrogen-bond donors (Lipinski definition) is 1. The zero-order valence-electron chi connectivity index (χ0n) is 3.68.